The van der Waals surface area contributed by atoms with E-state index in [1.54, 1.807) is 16.9 Å². The highest BCUT2D eigenvalue weighted by atomic mass is 16.1. The fraction of sp³-hybridized carbons (Fsp3) is 0.636. The summed E-state index contributed by atoms with van der Waals surface area (Å²) in [6, 6.07) is 1.23. The Bertz CT molecular complexity index is 349. The van der Waals surface area contributed by atoms with Crippen molar-refractivity contribution in [1.82, 2.24) is 9.78 Å². The van der Waals surface area contributed by atoms with E-state index in [1.165, 1.54) is 0 Å². The number of ketones is 1. The van der Waals surface area contributed by atoms with Gasteiger partial charge in [-0.1, -0.05) is 20.8 Å². The molecule has 1 unspecified atom stereocenters. The molecule has 0 saturated heterocycles. The predicted molar refractivity (Wildman–Crippen MR) is 59.7 cm³/mol. The van der Waals surface area contributed by atoms with E-state index < -0.39 is 6.04 Å². The SMILES string of the molecule is CCn1nccc1C(=O)C(N)C(C)(C)C. The first kappa shape index (κ1) is 11.9. The van der Waals surface area contributed by atoms with Crippen molar-refractivity contribution in [2.45, 2.75) is 40.3 Å². The van der Waals surface area contributed by atoms with Gasteiger partial charge in [0, 0.05) is 12.7 Å². The van der Waals surface area contributed by atoms with E-state index in [2.05, 4.69) is 5.10 Å². The Morgan fingerprint density at radius 3 is 2.67 bits per heavy atom. The van der Waals surface area contributed by atoms with Gasteiger partial charge in [-0.2, -0.15) is 5.10 Å². The summed E-state index contributed by atoms with van der Waals surface area (Å²) in [7, 11) is 0. The fourth-order valence-electron chi connectivity index (χ4n) is 1.35. The van der Waals surface area contributed by atoms with E-state index in [9.17, 15) is 4.79 Å². The van der Waals surface area contributed by atoms with Crippen LogP contribution < -0.4 is 5.73 Å². The van der Waals surface area contributed by atoms with Crippen LogP contribution in [0.4, 0.5) is 0 Å². The first-order valence-corrected chi connectivity index (χ1v) is 5.19. The molecule has 0 bridgehead atoms. The van der Waals surface area contributed by atoms with Gasteiger partial charge in [0.1, 0.15) is 5.69 Å². The van der Waals surface area contributed by atoms with Crippen molar-refractivity contribution in [2.75, 3.05) is 0 Å². The molecule has 0 saturated carbocycles. The number of nitrogens with two attached hydrogens (primary N) is 1. The molecule has 0 aliphatic rings. The number of Topliss-reactive ketones (excluding diaryl/α,β-unsaturated/α-hetero) is 1. The maximum atomic E-state index is 12.0. The Morgan fingerprint density at radius 2 is 2.20 bits per heavy atom. The summed E-state index contributed by atoms with van der Waals surface area (Å²) < 4.78 is 1.67. The average molecular weight is 209 g/mol. The first-order valence-electron chi connectivity index (χ1n) is 5.19. The third-order valence-corrected chi connectivity index (χ3v) is 2.48. The van der Waals surface area contributed by atoms with Gasteiger partial charge in [0.05, 0.1) is 6.04 Å². The zero-order valence-electron chi connectivity index (χ0n) is 9.82. The van der Waals surface area contributed by atoms with E-state index in [-0.39, 0.29) is 11.2 Å². The minimum absolute atomic E-state index is 0.0400. The van der Waals surface area contributed by atoms with E-state index >= 15 is 0 Å². The molecule has 1 aromatic rings. The smallest absolute Gasteiger partial charge is 0.197 e. The molecule has 0 fully saturated rings. The average Bonchev–Trinajstić information content (AvgIpc) is 2.61. The van der Waals surface area contributed by atoms with Crippen LogP contribution in [0.15, 0.2) is 12.3 Å². The number of aromatic nitrogens is 2. The second-order valence-electron chi connectivity index (χ2n) is 4.74. The van der Waals surface area contributed by atoms with Crippen LogP contribution in [0.5, 0.6) is 0 Å². The molecule has 0 aliphatic heterocycles. The number of nitrogens with zero attached hydrogens (tertiary/aromatic N) is 2. The third-order valence-electron chi connectivity index (χ3n) is 2.48. The number of hydrogen-bond acceptors (Lipinski definition) is 3. The van der Waals surface area contributed by atoms with Gasteiger partial charge in [-0.15, -0.1) is 0 Å². The van der Waals surface area contributed by atoms with Crippen molar-refractivity contribution in [3.8, 4) is 0 Å². The Labute approximate surface area is 90.5 Å². The second kappa shape index (κ2) is 4.14. The van der Waals surface area contributed by atoms with Crippen LogP contribution in [0.3, 0.4) is 0 Å². The molecule has 2 N–H and O–H groups in total. The molecular formula is C11H19N3O. The summed E-state index contributed by atoms with van der Waals surface area (Å²) in [5, 5.41) is 4.06. The van der Waals surface area contributed by atoms with Gasteiger partial charge in [0.25, 0.3) is 0 Å². The van der Waals surface area contributed by atoms with Crippen LogP contribution in [0.1, 0.15) is 38.2 Å². The highest BCUT2D eigenvalue weighted by molar-refractivity contribution is 5.99. The lowest BCUT2D eigenvalue weighted by atomic mass is 9.84. The fourth-order valence-corrected chi connectivity index (χ4v) is 1.35. The Kier molecular flexibility index (Phi) is 3.29. The van der Waals surface area contributed by atoms with Gasteiger partial charge in [0.15, 0.2) is 5.78 Å². The topological polar surface area (TPSA) is 60.9 Å². The molecule has 0 aliphatic carbocycles. The van der Waals surface area contributed by atoms with Gasteiger partial charge in [-0.05, 0) is 18.4 Å². The highest BCUT2D eigenvalue weighted by Gasteiger charge is 2.29. The summed E-state index contributed by atoms with van der Waals surface area (Å²) >= 11 is 0. The van der Waals surface area contributed by atoms with Crippen molar-refractivity contribution in [3.05, 3.63) is 18.0 Å². The number of carbonyl (C=O) groups excluding carboxylic acids is 1. The van der Waals surface area contributed by atoms with Crippen LogP contribution in [0.2, 0.25) is 0 Å². The van der Waals surface area contributed by atoms with Crippen LogP contribution >= 0.6 is 0 Å². The Balaban J connectivity index is 2.95. The number of rotatable bonds is 3. The normalized spacial score (nSPS) is 13.9. The second-order valence-corrected chi connectivity index (χ2v) is 4.74. The van der Waals surface area contributed by atoms with Gasteiger partial charge < -0.3 is 5.73 Å². The molecule has 4 nitrogen and oxygen atoms in total. The summed E-state index contributed by atoms with van der Waals surface area (Å²) in [6.07, 6.45) is 1.63. The zero-order chi connectivity index (χ0) is 11.6. The van der Waals surface area contributed by atoms with Gasteiger partial charge in [-0.25, -0.2) is 0 Å². The van der Waals surface area contributed by atoms with Crippen LogP contribution in [0, 0.1) is 5.41 Å². The van der Waals surface area contributed by atoms with E-state index in [0.717, 1.165) is 0 Å². The minimum Gasteiger partial charge on any atom is -0.321 e. The summed E-state index contributed by atoms with van der Waals surface area (Å²) in [5.74, 6) is -0.0400. The lowest BCUT2D eigenvalue weighted by Crippen LogP contribution is -2.43. The molecule has 1 rings (SSSR count). The Hall–Kier alpha value is -1.16. The van der Waals surface area contributed by atoms with Crippen LogP contribution in [-0.2, 0) is 6.54 Å². The van der Waals surface area contributed by atoms with E-state index in [1.807, 2.05) is 27.7 Å². The number of aryl methyl sites for hydroxylation is 1. The number of hydrogen-bond donors (Lipinski definition) is 1. The molecule has 0 spiro atoms. The molecule has 1 aromatic heterocycles. The quantitative estimate of drug-likeness (QED) is 0.767. The summed E-state index contributed by atoms with van der Waals surface area (Å²) in [4.78, 5) is 12.0. The molecule has 0 radical (unpaired) electrons. The lowest BCUT2D eigenvalue weighted by molar-refractivity contribution is 0.0890. The van der Waals surface area contributed by atoms with Crippen molar-refractivity contribution < 1.29 is 4.79 Å². The van der Waals surface area contributed by atoms with Gasteiger partial charge in [-0.3, -0.25) is 9.48 Å². The standard InChI is InChI=1S/C11H19N3O/c1-5-14-8(6-7-13-14)9(15)10(12)11(2,3)4/h6-7,10H,5,12H2,1-4H3. The maximum absolute atomic E-state index is 12.0. The van der Waals surface area contributed by atoms with E-state index in [4.69, 9.17) is 5.73 Å². The summed E-state index contributed by atoms with van der Waals surface area (Å²) in [6.45, 7) is 8.52. The third kappa shape index (κ3) is 2.45. The molecule has 0 aromatic carbocycles. The van der Waals surface area contributed by atoms with Crippen molar-refractivity contribution in [1.29, 1.82) is 0 Å². The zero-order valence-corrected chi connectivity index (χ0v) is 9.82. The minimum atomic E-state index is -0.487. The molecule has 1 heterocycles. The predicted octanol–water partition coefficient (Wildman–Crippen LogP) is 1.46. The highest BCUT2D eigenvalue weighted by Crippen LogP contribution is 2.20. The largest absolute Gasteiger partial charge is 0.321 e. The molecular weight excluding hydrogens is 190 g/mol. The van der Waals surface area contributed by atoms with Gasteiger partial charge in [0.2, 0.25) is 0 Å². The van der Waals surface area contributed by atoms with E-state index in [0.29, 0.717) is 12.2 Å². The Morgan fingerprint density at radius 1 is 1.60 bits per heavy atom. The summed E-state index contributed by atoms with van der Waals surface area (Å²) in [5.41, 5.74) is 6.29. The first-order chi connectivity index (χ1) is 6.88. The maximum Gasteiger partial charge on any atom is 0.197 e. The molecule has 1 atom stereocenters. The molecule has 4 heteroatoms. The molecule has 0 amide bonds. The van der Waals surface area contributed by atoms with Crippen molar-refractivity contribution in [3.63, 3.8) is 0 Å². The van der Waals surface area contributed by atoms with Crippen molar-refractivity contribution in [2.24, 2.45) is 11.1 Å². The lowest BCUT2D eigenvalue weighted by Gasteiger charge is -2.25. The molecule has 84 valence electrons. The monoisotopic (exact) mass is 209 g/mol. The van der Waals surface area contributed by atoms with Gasteiger partial charge >= 0.3 is 0 Å². The van der Waals surface area contributed by atoms with Crippen LogP contribution in [-0.4, -0.2) is 21.6 Å². The molecule has 15 heavy (non-hydrogen) atoms. The number of carbonyl (C=O) groups is 1. The van der Waals surface area contributed by atoms with Crippen LogP contribution in [0.25, 0.3) is 0 Å². The van der Waals surface area contributed by atoms with Crippen molar-refractivity contribution >= 4 is 5.78 Å².